The number of sulfone groups is 1. The van der Waals surface area contributed by atoms with E-state index in [1.54, 1.807) is 0 Å². The first-order chi connectivity index (χ1) is 5.88. The first-order valence-electron chi connectivity index (χ1n) is 3.52. The number of carbonyl (C=O) groups excluding carboxylic acids is 2. The van der Waals surface area contributed by atoms with E-state index in [4.69, 9.17) is 0 Å². The first-order valence-corrected chi connectivity index (χ1v) is 5.58. The van der Waals surface area contributed by atoms with Crippen molar-refractivity contribution in [3.05, 3.63) is 0 Å². The molecular formula is C6H9NO5S. The molecule has 0 aromatic rings. The van der Waals surface area contributed by atoms with Gasteiger partial charge in [-0.3, -0.25) is 4.79 Å². The van der Waals surface area contributed by atoms with Crippen LogP contribution in [-0.2, 0) is 24.2 Å². The molecule has 1 heterocycles. The van der Waals surface area contributed by atoms with Crippen molar-refractivity contribution < 1.29 is 22.7 Å². The van der Waals surface area contributed by atoms with Gasteiger partial charge in [-0.05, 0) is 0 Å². The summed E-state index contributed by atoms with van der Waals surface area (Å²) in [5.74, 6) is -1.60. The average molecular weight is 207 g/mol. The number of morpholine rings is 1. The number of esters is 1. The van der Waals surface area contributed by atoms with Crippen molar-refractivity contribution in [1.29, 1.82) is 0 Å². The molecule has 13 heavy (non-hydrogen) atoms. The van der Waals surface area contributed by atoms with Crippen molar-refractivity contribution >= 4 is 21.7 Å². The number of hydrogen-bond acceptors (Lipinski definition) is 5. The van der Waals surface area contributed by atoms with E-state index < -0.39 is 33.5 Å². The molecule has 1 fully saturated rings. The number of hydrogen-bond donors (Lipinski definition) is 1. The lowest BCUT2D eigenvalue weighted by Crippen LogP contribution is -2.52. The highest BCUT2D eigenvalue weighted by molar-refractivity contribution is 7.90. The Kier molecular flexibility index (Phi) is 2.55. The van der Waals surface area contributed by atoms with Crippen LogP contribution in [0, 0.1) is 0 Å². The Labute approximate surface area is 75.2 Å². The van der Waals surface area contributed by atoms with Crippen LogP contribution in [-0.4, -0.2) is 45.0 Å². The molecule has 1 rings (SSSR count). The van der Waals surface area contributed by atoms with E-state index in [1.165, 1.54) is 0 Å². The fraction of sp³-hybridized carbons (Fsp3) is 0.667. The summed E-state index contributed by atoms with van der Waals surface area (Å²) in [6, 6.07) is -1.06. The number of amides is 1. The summed E-state index contributed by atoms with van der Waals surface area (Å²) in [6.07, 6.45) is 0.987. The van der Waals surface area contributed by atoms with Crippen LogP contribution >= 0.6 is 0 Å². The second-order valence-corrected chi connectivity index (χ2v) is 5.01. The number of rotatable bonds is 2. The largest absolute Gasteiger partial charge is 0.454 e. The first kappa shape index (κ1) is 9.97. The van der Waals surface area contributed by atoms with E-state index in [1.807, 2.05) is 0 Å². The Bertz CT molecular complexity index is 333. The molecule has 0 saturated carbocycles. The van der Waals surface area contributed by atoms with Crippen molar-refractivity contribution in [1.82, 2.24) is 5.32 Å². The molecule has 7 heteroatoms. The van der Waals surface area contributed by atoms with Gasteiger partial charge >= 0.3 is 5.97 Å². The minimum Gasteiger partial charge on any atom is -0.454 e. The van der Waals surface area contributed by atoms with Crippen molar-refractivity contribution in [2.75, 3.05) is 18.6 Å². The predicted octanol–water partition coefficient (Wildman–Crippen LogP) is -1.93. The van der Waals surface area contributed by atoms with Crippen molar-refractivity contribution in [3.8, 4) is 0 Å². The van der Waals surface area contributed by atoms with Gasteiger partial charge in [-0.1, -0.05) is 0 Å². The summed E-state index contributed by atoms with van der Waals surface area (Å²) in [7, 11) is -3.30. The summed E-state index contributed by atoms with van der Waals surface area (Å²) >= 11 is 0. The summed E-state index contributed by atoms with van der Waals surface area (Å²) in [5.41, 5.74) is 0. The van der Waals surface area contributed by atoms with E-state index in [-0.39, 0.29) is 6.61 Å². The zero-order chi connectivity index (χ0) is 10.1. The molecule has 1 atom stereocenters. The predicted molar refractivity (Wildman–Crippen MR) is 42.6 cm³/mol. The monoisotopic (exact) mass is 207 g/mol. The maximum atomic E-state index is 10.9. The Morgan fingerprint density at radius 3 is 2.69 bits per heavy atom. The Morgan fingerprint density at radius 2 is 2.15 bits per heavy atom. The van der Waals surface area contributed by atoms with Gasteiger partial charge in [0.1, 0.15) is 15.9 Å². The zero-order valence-electron chi connectivity index (χ0n) is 6.94. The lowest BCUT2D eigenvalue weighted by Gasteiger charge is -2.21. The Morgan fingerprint density at radius 1 is 1.54 bits per heavy atom. The zero-order valence-corrected chi connectivity index (χ0v) is 7.76. The van der Waals surface area contributed by atoms with Gasteiger partial charge in [0.05, 0.1) is 5.75 Å². The molecule has 1 saturated heterocycles. The highest BCUT2D eigenvalue weighted by Gasteiger charge is 2.30. The smallest absolute Gasteiger partial charge is 0.330 e. The van der Waals surface area contributed by atoms with E-state index in [2.05, 4.69) is 10.1 Å². The molecule has 1 unspecified atom stereocenters. The van der Waals surface area contributed by atoms with Crippen LogP contribution in [0.25, 0.3) is 0 Å². The SMILES string of the molecule is CS(=O)(=O)CC1NC(=O)COC1=O. The quantitative estimate of drug-likeness (QED) is 0.533. The van der Waals surface area contributed by atoms with Crippen LogP contribution < -0.4 is 5.32 Å². The topological polar surface area (TPSA) is 89.5 Å². The average Bonchev–Trinajstić information content (AvgIpc) is 1.94. The lowest BCUT2D eigenvalue weighted by molar-refractivity contribution is -0.156. The second kappa shape index (κ2) is 3.33. The van der Waals surface area contributed by atoms with Gasteiger partial charge in [-0.25, -0.2) is 13.2 Å². The lowest BCUT2D eigenvalue weighted by atomic mass is 10.3. The number of nitrogens with one attached hydrogen (secondary N) is 1. The third-order valence-electron chi connectivity index (χ3n) is 1.43. The minimum atomic E-state index is -3.30. The van der Waals surface area contributed by atoms with Crippen LogP contribution in [0.15, 0.2) is 0 Å². The third-order valence-corrected chi connectivity index (χ3v) is 2.37. The minimum absolute atomic E-state index is 0.334. The molecule has 1 aliphatic heterocycles. The third kappa shape index (κ3) is 3.02. The summed E-state index contributed by atoms with van der Waals surface area (Å²) in [6.45, 7) is -0.334. The van der Waals surface area contributed by atoms with Gasteiger partial charge in [-0.2, -0.15) is 0 Å². The van der Waals surface area contributed by atoms with Crippen molar-refractivity contribution in [2.45, 2.75) is 6.04 Å². The number of carbonyl (C=O) groups is 2. The van der Waals surface area contributed by atoms with E-state index in [0.29, 0.717) is 0 Å². The van der Waals surface area contributed by atoms with E-state index in [9.17, 15) is 18.0 Å². The summed E-state index contributed by atoms with van der Waals surface area (Å²) < 4.78 is 26.0. The standard InChI is InChI=1S/C6H9NO5S/c1-13(10,11)3-4-6(9)12-2-5(8)7-4/h4H,2-3H2,1H3,(H,7,8). The molecule has 0 aliphatic carbocycles. The van der Waals surface area contributed by atoms with Crippen LogP contribution in [0.3, 0.4) is 0 Å². The molecule has 74 valence electrons. The van der Waals surface area contributed by atoms with Crippen molar-refractivity contribution in [3.63, 3.8) is 0 Å². The molecule has 0 spiro atoms. The molecule has 1 amide bonds. The summed E-state index contributed by atoms with van der Waals surface area (Å²) in [4.78, 5) is 21.6. The fourth-order valence-corrected chi connectivity index (χ4v) is 1.77. The molecular weight excluding hydrogens is 198 g/mol. The summed E-state index contributed by atoms with van der Waals surface area (Å²) in [5, 5.41) is 2.23. The molecule has 0 aromatic heterocycles. The van der Waals surface area contributed by atoms with E-state index in [0.717, 1.165) is 6.26 Å². The van der Waals surface area contributed by atoms with Crippen LogP contribution in [0.1, 0.15) is 0 Å². The fourth-order valence-electron chi connectivity index (χ4n) is 0.945. The van der Waals surface area contributed by atoms with Gasteiger partial charge < -0.3 is 10.1 Å². The highest BCUT2D eigenvalue weighted by atomic mass is 32.2. The molecule has 1 N–H and O–H groups in total. The van der Waals surface area contributed by atoms with E-state index >= 15 is 0 Å². The number of cyclic esters (lactones) is 1. The number of ether oxygens (including phenoxy) is 1. The normalized spacial score (nSPS) is 23.6. The van der Waals surface area contributed by atoms with Crippen molar-refractivity contribution in [2.24, 2.45) is 0 Å². The highest BCUT2D eigenvalue weighted by Crippen LogP contribution is 1.99. The van der Waals surface area contributed by atoms with Gasteiger partial charge in [0.25, 0.3) is 5.91 Å². The van der Waals surface area contributed by atoms with Gasteiger partial charge in [-0.15, -0.1) is 0 Å². The maximum Gasteiger partial charge on any atom is 0.330 e. The Hall–Kier alpha value is -1.11. The molecule has 0 bridgehead atoms. The van der Waals surface area contributed by atoms with Gasteiger partial charge in [0, 0.05) is 6.26 Å². The second-order valence-electron chi connectivity index (χ2n) is 2.82. The molecule has 0 radical (unpaired) electrons. The molecule has 1 aliphatic rings. The molecule has 6 nitrogen and oxygen atoms in total. The Balaban J connectivity index is 2.67. The van der Waals surface area contributed by atoms with Crippen LogP contribution in [0.5, 0.6) is 0 Å². The van der Waals surface area contributed by atoms with Crippen LogP contribution in [0.4, 0.5) is 0 Å². The van der Waals surface area contributed by atoms with Crippen LogP contribution in [0.2, 0.25) is 0 Å². The molecule has 0 aromatic carbocycles. The van der Waals surface area contributed by atoms with Gasteiger partial charge in [0.15, 0.2) is 6.61 Å². The van der Waals surface area contributed by atoms with Gasteiger partial charge in [0.2, 0.25) is 0 Å². The maximum absolute atomic E-state index is 10.9.